The molecule has 1 amide bonds. The van der Waals surface area contributed by atoms with E-state index in [4.69, 9.17) is 14.9 Å². The van der Waals surface area contributed by atoms with Crippen LogP contribution in [0.4, 0.5) is 0 Å². The first-order valence-electron chi connectivity index (χ1n) is 8.32. The average molecular weight is 419 g/mol. The van der Waals surface area contributed by atoms with Crippen LogP contribution in [0.15, 0.2) is 51.9 Å². The van der Waals surface area contributed by atoms with Crippen molar-refractivity contribution in [1.29, 1.82) is 0 Å². The van der Waals surface area contributed by atoms with E-state index in [1.54, 1.807) is 12.1 Å². The number of aromatic amines is 1. The normalized spacial score (nSPS) is 12.4. The second-order valence-corrected chi connectivity index (χ2v) is 7.65. The van der Waals surface area contributed by atoms with Gasteiger partial charge in [-0.25, -0.2) is 8.42 Å². The highest BCUT2D eigenvalue weighted by atomic mass is 32.2. The second-order valence-electron chi connectivity index (χ2n) is 5.88. The van der Waals surface area contributed by atoms with E-state index < -0.39 is 34.5 Å². The number of carbonyl (C=O) groups excluding carboxylic acids is 2. The summed E-state index contributed by atoms with van der Waals surface area (Å²) in [6.07, 6.45) is 0.200. The van der Waals surface area contributed by atoms with Crippen molar-refractivity contribution in [2.75, 3.05) is 6.54 Å². The van der Waals surface area contributed by atoms with Gasteiger partial charge in [-0.15, -0.1) is 10.2 Å². The molecule has 2 aromatic heterocycles. The molecule has 0 aliphatic heterocycles. The second kappa shape index (κ2) is 8.24. The van der Waals surface area contributed by atoms with Gasteiger partial charge in [0.15, 0.2) is 6.10 Å². The van der Waals surface area contributed by atoms with E-state index >= 15 is 0 Å². The molecule has 2 heterocycles. The van der Waals surface area contributed by atoms with Crippen molar-refractivity contribution in [1.82, 2.24) is 19.9 Å². The minimum Gasteiger partial charge on any atom is -0.452 e. The molecule has 4 N–H and O–H groups in total. The van der Waals surface area contributed by atoms with Crippen LogP contribution in [0.25, 0.3) is 11.5 Å². The molecule has 0 saturated carbocycles. The number of H-pyrrole nitrogens is 1. The van der Waals surface area contributed by atoms with E-state index in [9.17, 15) is 18.0 Å². The molecular formula is C17H17N5O6S. The number of esters is 1. The lowest BCUT2D eigenvalue weighted by atomic mass is 10.2. The maximum absolute atomic E-state index is 12.2. The van der Waals surface area contributed by atoms with E-state index in [0.29, 0.717) is 5.56 Å². The van der Waals surface area contributed by atoms with Gasteiger partial charge in [-0.05, 0) is 25.1 Å². The molecule has 12 heteroatoms. The van der Waals surface area contributed by atoms with Crippen molar-refractivity contribution in [3.63, 3.8) is 0 Å². The molecule has 11 nitrogen and oxygen atoms in total. The van der Waals surface area contributed by atoms with Crippen LogP contribution in [0.2, 0.25) is 0 Å². The number of sulfonamides is 1. The van der Waals surface area contributed by atoms with E-state index in [1.807, 2.05) is 18.2 Å². The van der Waals surface area contributed by atoms with Gasteiger partial charge in [0.25, 0.3) is 11.8 Å². The van der Waals surface area contributed by atoms with Gasteiger partial charge in [-0.2, -0.15) is 4.72 Å². The summed E-state index contributed by atoms with van der Waals surface area (Å²) in [5.41, 5.74) is 5.69. The molecule has 0 bridgehead atoms. The van der Waals surface area contributed by atoms with Crippen molar-refractivity contribution >= 4 is 21.9 Å². The highest BCUT2D eigenvalue weighted by Gasteiger charge is 2.22. The molecule has 0 radical (unpaired) electrons. The Morgan fingerprint density at radius 1 is 1.28 bits per heavy atom. The van der Waals surface area contributed by atoms with Crippen molar-refractivity contribution in [3.05, 3.63) is 54.2 Å². The largest absolute Gasteiger partial charge is 0.452 e. The third-order valence-corrected chi connectivity index (χ3v) is 5.14. The van der Waals surface area contributed by atoms with Gasteiger partial charge in [-0.3, -0.25) is 9.59 Å². The SMILES string of the molecule is CC(OC(=O)CNS(=O)(=O)c1c[nH]c(C(N)=O)c1)c1nnc(-c2ccccc2)o1. The maximum atomic E-state index is 12.2. The Hall–Kier alpha value is -3.51. The van der Waals surface area contributed by atoms with Gasteiger partial charge in [0.05, 0.1) is 0 Å². The zero-order valence-corrected chi connectivity index (χ0v) is 16.0. The quantitative estimate of drug-likeness (QED) is 0.449. The fraction of sp³-hybridized carbons (Fsp3) is 0.176. The number of ether oxygens (including phenoxy) is 1. The maximum Gasteiger partial charge on any atom is 0.321 e. The molecule has 0 aliphatic rings. The molecule has 3 aromatic rings. The first-order valence-corrected chi connectivity index (χ1v) is 9.81. The zero-order chi connectivity index (χ0) is 21.0. The van der Waals surface area contributed by atoms with Gasteiger partial charge in [0, 0.05) is 11.8 Å². The lowest BCUT2D eigenvalue weighted by Crippen LogP contribution is -2.31. The topological polar surface area (TPSA) is 170 Å². The Morgan fingerprint density at radius 2 is 2.00 bits per heavy atom. The standard InChI is InChI=1S/C17H17N5O6S/c1-10(16-21-22-17(28-16)11-5-3-2-4-6-11)27-14(23)9-20-29(25,26)12-7-13(15(18)24)19-8-12/h2-8,10,19-20H,9H2,1H3,(H2,18,24). The summed E-state index contributed by atoms with van der Waals surface area (Å²) < 4.78 is 37.0. The predicted molar refractivity (Wildman–Crippen MR) is 98.7 cm³/mol. The van der Waals surface area contributed by atoms with Gasteiger partial charge >= 0.3 is 5.97 Å². The summed E-state index contributed by atoms with van der Waals surface area (Å²) in [7, 11) is -4.04. The number of rotatable bonds is 8. The molecule has 0 fully saturated rings. The minimum atomic E-state index is -4.04. The van der Waals surface area contributed by atoms with Gasteiger partial charge < -0.3 is 19.9 Å². The van der Waals surface area contributed by atoms with Gasteiger partial charge in [-0.1, -0.05) is 18.2 Å². The number of nitrogens with zero attached hydrogens (tertiary/aromatic N) is 2. The predicted octanol–water partition coefficient (Wildman–Crippen LogP) is 0.746. The Bertz CT molecular complexity index is 1120. The average Bonchev–Trinajstić information content (AvgIpc) is 3.37. The molecule has 29 heavy (non-hydrogen) atoms. The summed E-state index contributed by atoms with van der Waals surface area (Å²) >= 11 is 0. The number of benzene rings is 1. The fourth-order valence-electron chi connectivity index (χ4n) is 2.29. The molecule has 3 rings (SSSR count). The Balaban J connectivity index is 1.57. The van der Waals surface area contributed by atoms with E-state index in [1.165, 1.54) is 6.92 Å². The molecule has 1 atom stereocenters. The lowest BCUT2D eigenvalue weighted by Gasteiger charge is -2.10. The van der Waals surface area contributed by atoms with Crippen molar-refractivity contribution in [3.8, 4) is 11.5 Å². The monoisotopic (exact) mass is 419 g/mol. The summed E-state index contributed by atoms with van der Waals surface area (Å²) in [6, 6.07) is 10.1. The Morgan fingerprint density at radius 3 is 2.66 bits per heavy atom. The van der Waals surface area contributed by atoms with Crippen LogP contribution in [-0.2, 0) is 19.6 Å². The highest BCUT2D eigenvalue weighted by molar-refractivity contribution is 7.89. The minimum absolute atomic E-state index is 0.0665. The summed E-state index contributed by atoms with van der Waals surface area (Å²) in [4.78, 5) is 25.2. The number of aromatic nitrogens is 3. The molecule has 1 unspecified atom stereocenters. The number of hydrogen-bond donors (Lipinski definition) is 3. The van der Waals surface area contributed by atoms with Crippen LogP contribution in [0.5, 0.6) is 0 Å². The van der Waals surface area contributed by atoms with Gasteiger partial charge in [0.1, 0.15) is 17.1 Å². The number of amides is 1. The number of primary amides is 1. The smallest absolute Gasteiger partial charge is 0.321 e. The van der Waals surface area contributed by atoms with Crippen molar-refractivity contribution < 1.29 is 27.2 Å². The molecule has 0 saturated heterocycles. The molecule has 0 spiro atoms. The molecule has 152 valence electrons. The number of nitrogens with two attached hydrogens (primary N) is 1. The van der Waals surface area contributed by atoms with Crippen LogP contribution in [0.1, 0.15) is 29.4 Å². The number of hydrogen-bond acceptors (Lipinski definition) is 8. The number of carbonyl (C=O) groups is 2. The Kier molecular flexibility index (Phi) is 5.75. The summed E-state index contributed by atoms with van der Waals surface area (Å²) in [5.74, 6) is -1.33. The van der Waals surface area contributed by atoms with Crippen LogP contribution < -0.4 is 10.5 Å². The van der Waals surface area contributed by atoms with E-state index in [0.717, 1.165) is 12.3 Å². The third-order valence-electron chi connectivity index (χ3n) is 3.76. The van der Waals surface area contributed by atoms with Crippen LogP contribution in [0, 0.1) is 0 Å². The summed E-state index contributed by atoms with van der Waals surface area (Å²) in [5, 5.41) is 7.74. The zero-order valence-electron chi connectivity index (χ0n) is 15.2. The van der Waals surface area contributed by atoms with Gasteiger partial charge in [0.2, 0.25) is 15.9 Å². The molecular weight excluding hydrogens is 402 g/mol. The third kappa shape index (κ3) is 4.86. The first-order chi connectivity index (χ1) is 13.8. The van der Waals surface area contributed by atoms with E-state index in [-0.39, 0.29) is 22.4 Å². The van der Waals surface area contributed by atoms with Crippen LogP contribution in [0.3, 0.4) is 0 Å². The Labute approximate surface area is 165 Å². The first kappa shape index (κ1) is 20.2. The molecule has 1 aromatic carbocycles. The van der Waals surface area contributed by atoms with Crippen molar-refractivity contribution in [2.45, 2.75) is 17.9 Å². The van der Waals surface area contributed by atoms with E-state index in [2.05, 4.69) is 19.9 Å². The summed E-state index contributed by atoms with van der Waals surface area (Å²) in [6.45, 7) is 0.878. The molecule has 0 aliphatic carbocycles. The lowest BCUT2D eigenvalue weighted by molar-refractivity contribution is -0.148. The number of nitrogens with one attached hydrogen (secondary N) is 2. The van der Waals surface area contributed by atoms with Crippen LogP contribution >= 0.6 is 0 Å². The fourth-order valence-corrected chi connectivity index (χ4v) is 3.26. The van der Waals surface area contributed by atoms with Crippen molar-refractivity contribution in [2.24, 2.45) is 5.73 Å². The van der Waals surface area contributed by atoms with Crippen LogP contribution in [-0.4, -0.2) is 42.0 Å². The highest BCUT2D eigenvalue weighted by Crippen LogP contribution is 2.22.